The number of ether oxygens (including phenoxy) is 1. The SMILES string of the molecule is COc1cccc([C@H](C)NCc2ccc(C(C)(C)c3ccccc3)cc2)c1. The first-order chi connectivity index (χ1) is 13.0. The lowest BCUT2D eigenvalue weighted by molar-refractivity contribution is 0.413. The van der Waals surface area contributed by atoms with Crippen LogP contribution in [0.25, 0.3) is 0 Å². The molecule has 140 valence electrons. The van der Waals surface area contributed by atoms with Crippen LogP contribution in [-0.4, -0.2) is 7.11 Å². The highest BCUT2D eigenvalue weighted by Gasteiger charge is 2.22. The van der Waals surface area contributed by atoms with Crippen molar-refractivity contribution in [3.63, 3.8) is 0 Å². The molecule has 0 aromatic heterocycles. The van der Waals surface area contributed by atoms with E-state index in [1.54, 1.807) is 7.11 Å². The minimum atomic E-state index is 0.00109. The first-order valence-electron chi connectivity index (χ1n) is 9.53. The van der Waals surface area contributed by atoms with Crippen molar-refractivity contribution in [1.29, 1.82) is 0 Å². The maximum atomic E-state index is 5.32. The summed E-state index contributed by atoms with van der Waals surface area (Å²) in [7, 11) is 1.70. The third kappa shape index (κ3) is 4.58. The quantitative estimate of drug-likeness (QED) is 0.569. The molecular formula is C25H29NO. The predicted molar refractivity (Wildman–Crippen MR) is 113 cm³/mol. The first kappa shape index (κ1) is 19.2. The molecule has 0 saturated heterocycles. The Balaban J connectivity index is 1.65. The molecule has 27 heavy (non-hydrogen) atoms. The van der Waals surface area contributed by atoms with Crippen LogP contribution in [0.15, 0.2) is 78.9 Å². The molecule has 0 spiro atoms. The molecule has 3 rings (SSSR count). The Kier molecular flexibility index (Phi) is 5.98. The minimum absolute atomic E-state index is 0.00109. The third-order valence-electron chi connectivity index (χ3n) is 5.38. The van der Waals surface area contributed by atoms with Gasteiger partial charge in [-0.25, -0.2) is 0 Å². The van der Waals surface area contributed by atoms with Crippen LogP contribution in [0.4, 0.5) is 0 Å². The Bertz CT molecular complexity index is 853. The molecule has 0 fully saturated rings. The Morgan fingerprint density at radius 1 is 0.852 bits per heavy atom. The summed E-state index contributed by atoms with van der Waals surface area (Å²) in [5.74, 6) is 0.897. The van der Waals surface area contributed by atoms with Crippen molar-refractivity contribution in [3.8, 4) is 5.75 Å². The molecule has 2 heteroatoms. The van der Waals surface area contributed by atoms with E-state index < -0.39 is 0 Å². The van der Waals surface area contributed by atoms with Gasteiger partial charge in [0.15, 0.2) is 0 Å². The van der Waals surface area contributed by atoms with Crippen LogP contribution in [0.3, 0.4) is 0 Å². The molecule has 0 aliphatic carbocycles. The molecule has 0 bridgehead atoms. The van der Waals surface area contributed by atoms with Crippen LogP contribution < -0.4 is 10.1 Å². The Morgan fingerprint density at radius 2 is 1.52 bits per heavy atom. The highest BCUT2D eigenvalue weighted by atomic mass is 16.5. The molecule has 3 aromatic rings. The monoisotopic (exact) mass is 359 g/mol. The topological polar surface area (TPSA) is 21.3 Å². The van der Waals surface area contributed by atoms with Crippen molar-refractivity contribution in [3.05, 3.63) is 101 Å². The number of hydrogen-bond donors (Lipinski definition) is 1. The van der Waals surface area contributed by atoms with Gasteiger partial charge in [0, 0.05) is 18.0 Å². The zero-order valence-electron chi connectivity index (χ0n) is 16.7. The van der Waals surface area contributed by atoms with Gasteiger partial charge in [0.1, 0.15) is 5.75 Å². The van der Waals surface area contributed by atoms with Gasteiger partial charge in [-0.15, -0.1) is 0 Å². The highest BCUT2D eigenvalue weighted by Crippen LogP contribution is 2.31. The molecule has 3 aromatic carbocycles. The van der Waals surface area contributed by atoms with E-state index in [4.69, 9.17) is 4.74 Å². The summed E-state index contributed by atoms with van der Waals surface area (Å²) in [6, 6.07) is 28.1. The fourth-order valence-electron chi connectivity index (χ4n) is 3.36. The smallest absolute Gasteiger partial charge is 0.119 e. The lowest BCUT2D eigenvalue weighted by Crippen LogP contribution is -2.20. The van der Waals surface area contributed by atoms with Crippen LogP contribution in [0.2, 0.25) is 0 Å². The molecule has 0 amide bonds. The van der Waals surface area contributed by atoms with Gasteiger partial charge in [0.2, 0.25) is 0 Å². The predicted octanol–water partition coefficient (Wildman–Crippen LogP) is 5.87. The van der Waals surface area contributed by atoms with E-state index in [0.29, 0.717) is 0 Å². The van der Waals surface area contributed by atoms with E-state index >= 15 is 0 Å². The minimum Gasteiger partial charge on any atom is -0.497 e. The van der Waals surface area contributed by atoms with Crippen LogP contribution >= 0.6 is 0 Å². The van der Waals surface area contributed by atoms with Crippen molar-refractivity contribution < 1.29 is 4.74 Å². The Hall–Kier alpha value is -2.58. The van der Waals surface area contributed by atoms with Gasteiger partial charge >= 0.3 is 0 Å². The molecule has 0 unspecified atom stereocenters. The van der Waals surface area contributed by atoms with Crippen molar-refractivity contribution in [1.82, 2.24) is 5.32 Å². The summed E-state index contributed by atoms with van der Waals surface area (Å²) in [4.78, 5) is 0. The van der Waals surface area contributed by atoms with Gasteiger partial charge < -0.3 is 10.1 Å². The van der Waals surface area contributed by atoms with E-state index in [-0.39, 0.29) is 11.5 Å². The number of methoxy groups -OCH3 is 1. The second-order valence-corrected chi connectivity index (χ2v) is 7.57. The van der Waals surface area contributed by atoms with Crippen LogP contribution in [-0.2, 0) is 12.0 Å². The first-order valence-corrected chi connectivity index (χ1v) is 9.53. The fourth-order valence-corrected chi connectivity index (χ4v) is 3.36. The normalized spacial score (nSPS) is 12.6. The Morgan fingerprint density at radius 3 is 2.19 bits per heavy atom. The molecule has 2 nitrogen and oxygen atoms in total. The number of hydrogen-bond acceptors (Lipinski definition) is 2. The molecule has 1 N–H and O–H groups in total. The van der Waals surface area contributed by atoms with Gasteiger partial charge in [0.25, 0.3) is 0 Å². The molecule has 0 heterocycles. The second-order valence-electron chi connectivity index (χ2n) is 7.57. The Labute approximate surface area is 163 Å². The standard InChI is InChI=1S/C25H29NO/c1-19(21-9-8-12-24(17-21)27-4)26-18-20-13-15-23(16-14-20)25(2,3)22-10-6-5-7-11-22/h5-17,19,26H,18H2,1-4H3/t19-/m0/s1. The zero-order valence-corrected chi connectivity index (χ0v) is 16.7. The summed E-state index contributed by atoms with van der Waals surface area (Å²) in [6.07, 6.45) is 0. The van der Waals surface area contributed by atoms with Gasteiger partial charge in [0.05, 0.1) is 7.11 Å². The fraction of sp³-hybridized carbons (Fsp3) is 0.280. The van der Waals surface area contributed by atoms with Crippen molar-refractivity contribution in [2.45, 2.75) is 38.8 Å². The lowest BCUT2D eigenvalue weighted by atomic mass is 9.78. The van der Waals surface area contributed by atoms with Crippen LogP contribution in [0.1, 0.15) is 49.1 Å². The summed E-state index contributed by atoms with van der Waals surface area (Å²) in [6.45, 7) is 7.58. The summed E-state index contributed by atoms with van der Waals surface area (Å²) in [5, 5.41) is 3.60. The molecule has 0 saturated carbocycles. The molecule has 0 aliphatic heterocycles. The van der Waals surface area contributed by atoms with E-state index in [1.807, 2.05) is 12.1 Å². The van der Waals surface area contributed by atoms with Crippen molar-refractivity contribution in [2.75, 3.05) is 7.11 Å². The molecule has 1 atom stereocenters. The van der Waals surface area contributed by atoms with E-state index in [1.165, 1.54) is 22.3 Å². The van der Waals surface area contributed by atoms with E-state index in [2.05, 4.69) is 92.8 Å². The van der Waals surface area contributed by atoms with Gasteiger partial charge in [-0.2, -0.15) is 0 Å². The molecule has 0 radical (unpaired) electrons. The van der Waals surface area contributed by atoms with Crippen LogP contribution in [0, 0.1) is 0 Å². The highest BCUT2D eigenvalue weighted by molar-refractivity contribution is 5.38. The zero-order chi connectivity index (χ0) is 19.3. The van der Waals surface area contributed by atoms with Crippen molar-refractivity contribution >= 4 is 0 Å². The molecule has 0 aliphatic rings. The second kappa shape index (κ2) is 8.41. The van der Waals surface area contributed by atoms with E-state index in [9.17, 15) is 0 Å². The van der Waals surface area contributed by atoms with Gasteiger partial charge in [-0.05, 0) is 41.3 Å². The number of rotatable bonds is 7. The van der Waals surface area contributed by atoms with Crippen molar-refractivity contribution in [2.24, 2.45) is 0 Å². The maximum absolute atomic E-state index is 5.32. The van der Waals surface area contributed by atoms with Gasteiger partial charge in [-0.1, -0.05) is 80.6 Å². The lowest BCUT2D eigenvalue weighted by Gasteiger charge is -2.26. The van der Waals surface area contributed by atoms with Gasteiger partial charge in [-0.3, -0.25) is 0 Å². The summed E-state index contributed by atoms with van der Waals surface area (Å²) < 4.78 is 5.32. The third-order valence-corrected chi connectivity index (χ3v) is 5.38. The summed E-state index contributed by atoms with van der Waals surface area (Å²) in [5.41, 5.74) is 5.19. The largest absolute Gasteiger partial charge is 0.497 e. The average molecular weight is 360 g/mol. The number of benzene rings is 3. The average Bonchev–Trinajstić information content (AvgIpc) is 2.73. The number of nitrogens with one attached hydrogen (secondary N) is 1. The summed E-state index contributed by atoms with van der Waals surface area (Å²) >= 11 is 0. The van der Waals surface area contributed by atoms with Crippen LogP contribution in [0.5, 0.6) is 5.75 Å². The molecular weight excluding hydrogens is 330 g/mol. The van der Waals surface area contributed by atoms with E-state index in [0.717, 1.165) is 12.3 Å². The maximum Gasteiger partial charge on any atom is 0.119 e.